The fraction of sp³-hybridized carbons (Fsp3) is 0.700. The van der Waals surface area contributed by atoms with Gasteiger partial charge in [-0.2, -0.15) is 0 Å². The molecule has 3 heteroatoms. The first-order chi connectivity index (χ1) is 6.12. The van der Waals surface area contributed by atoms with Crippen molar-refractivity contribution in [3.05, 3.63) is 12.5 Å². The van der Waals surface area contributed by atoms with Crippen molar-refractivity contribution in [1.29, 1.82) is 0 Å². The van der Waals surface area contributed by atoms with Crippen molar-refractivity contribution in [2.24, 2.45) is 11.3 Å². The molecule has 0 unspecified atom stereocenters. The maximum atomic E-state index is 5.23. The average molecular weight is 180 g/mol. The zero-order valence-electron chi connectivity index (χ0n) is 8.45. The molecule has 1 aliphatic rings. The third-order valence-corrected chi connectivity index (χ3v) is 3.19. The van der Waals surface area contributed by atoms with Gasteiger partial charge in [-0.1, -0.05) is 20.8 Å². The number of hydrogen-bond donors (Lipinski definition) is 0. The Morgan fingerprint density at radius 2 is 2.23 bits per heavy atom. The van der Waals surface area contributed by atoms with Crippen molar-refractivity contribution in [2.75, 3.05) is 18.0 Å². The summed E-state index contributed by atoms with van der Waals surface area (Å²) in [6.07, 6.45) is 3.32. The van der Waals surface area contributed by atoms with Gasteiger partial charge in [-0.25, -0.2) is 4.98 Å². The Morgan fingerprint density at radius 3 is 2.69 bits per heavy atom. The van der Waals surface area contributed by atoms with Crippen LogP contribution in [0.1, 0.15) is 20.8 Å². The summed E-state index contributed by atoms with van der Waals surface area (Å²) in [5.41, 5.74) is 0.439. The Labute approximate surface area is 78.8 Å². The van der Waals surface area contributed by atoms with E-state index >= 15 is 0 Å². The highest BCUT2D eigenvalue weighted by molar-refractivity contribution is 5.32. The molecule has 13 heavy (non-hydrogen) atoms. The number of aromatic nitrogens is 1. The molecular weight excluding hydrogens is 164 g/mol. The van der Waals surface area contributed by atoms with E-state index in [0.29, 0.717) is 5.41 Å². The van der Waals surface area contributed by atoms with E-state index in [1.165, 1.54) is 0 Å². The molecule has 0 spiro atoms. The Kier molecular flexibility index (Phi) is 1.82. The lowest BCUT2D eigenvalue weighted by Crippen LogP contribution is -2.57. The Balaban J connectivity index is 1.99. The van der Waals surface area contributed by atoms with Crippen LogP contribution in [-0.4, -0.2) is 18.1 Å². The summed E-state index contributed by atoms with van der Waals surface area (Å²) < 4.78 is 5.23. The second-order valence-corrected chi connectivity index (χ2v) is 4.48. The summed E-state index contributed by atoms with van der Waals surface area (Å²) in [6, 6.07) is 0.762. The SMILES string of the molecule is CC(C)C1(C)CN(c2ncco2)C1. The predicted octanol–water partition coefficient (Wildman–Crippen LogP) is 2.16. The second kappa shape index (κ2) is 2.76. The van der Waals surface area contributed by atoms with E-state index in [9.17, 15) is 0 Å². The zero-order valence-corrected chi connectivity index (χ0v) is 8.45. The van der Waals surface area contributed by atoms with Gasteiger partial charge in [0.2, 0.25) is 0 Å². The first-order valence-corrected chi connectivity index (χ1v) is 4.76. The molecule has 2 heterocycles. The summed E-state index contributed by atoms with van der Waals surface area (Å²) >= 11 is 0. The summed E-state index contributed by atoms with van der Waals surface area (Å²) in [4.78, 5) is 6.30. The number of oxazole rings is 1. The van der Waals surface area contributed by atoms with E-state index in [2.05, 4.69) is 30.7 Å². The van der Waals surface area contributed by atoms with Crippen molar-refractivity contribution >= 4 is 6.01 Å². The van der Waals surface area contributed by atoms with E-state index in [4.69, 9.17) is 4.42 Å². The molecule has 72 valence electrons. The van der Waals surface area contributed by atoms with Gasteiger partial charge in [0.25, 0.3) is 6.01 Å². The van der Waals surface area contributed by atoms with Gasteiger partial charge in [-0.15, -0.1) is 0 Å². The fourth-order valence-corrected chi connectivity index (χ4v) is 1.70. The van der Waals surface area contributed by atoms with Crippen LogP contribution in [-0.2, 0) is 0 Å². The van der Waals surface area contributed by atoms with Crippen molar-refractivity contribution < 1.29 is 4.42 Å². The molecular formula is C10H16N2O. The molecule has 3 nitrogen and oxygen atoms in total. The Hall–Kier alpha value is -0.990. The van der Waals surface area contributed by atoms with Crippen molar-refractivity contribution in [3.8, 4) is 0 Å². The van der Waals surface area contributed by atoms with E-state index in [1.54, 1.807) is 12.5 Å². The van der Waals surface area contributed by atoms with Crippen LogP contribution in [0.2, 0.25) is 0 Å². The molecule has 1 aromatic heterocycles. The third kappa shape index (κ3) is 1.32. The van der Waals surface area contributed by atoms with Crippen molar-refractivity contribution in [3.63, 3.8) is 0 Å². The van der Waals surface area contributed by atoms with Crippen LogP contribution in [0.3, 0.4) is 0 Å². The first-order valence-electron chi connectivity index (χ1n) is 4.76. The van der Waals surface area contributed by atoms with E-state index < -0.39 is 0 Å². The van der Waals surface area contributed by atoms with Gasteiger partial charge in [0, 0.05) is 18.5 Å². The lowest BCUT2D eigenvalue weighted by molar-refractivity contribution is 0.153. The lowest BCUT2D eigenvalue weighted by Gasteiger charge is -2.50. The summed E-state index contributed by atoms with van der Waals surface area (Å²) in [5.74, 6) is 0.721. The normalized spacial score (nSPS) is 20.5. The van der Waals surface area contributed by atoms with E-state index in [0.717, 1.165) is 25.0 Å². The average Bonchev–Trinajstić information content (AvgIpc) is 2.49. The van der Waals surface area contributed by atoms with Gasteiger partial charge in [-0.3, -0.25) is 0 Å². The maximum absolute atomic E-state index is 5.23. The number of rotatable bonds is 2. The number of nitrogens with zero attached hydrogens (tertiary/aromatic N) is 2. The van der Waals surface area contributed by atoms with Crippen molar-refractivity contribution in [2.45, 2.75) is 20.8 Å². The monoisotopic (exact) mass is 180 g/mol. The van der Waals surface area contributed by atoms with Crippen LogP contribution in [0.15, 0.2) is 16.9 Å². The van der Waals surface area contributed by atoms with Crippen molar-refractivity contribution in [1.82, 2.24) is 4.98 Å². The van der Waals surface area contributed by atoms with Crippen LogP contribution in [0.4, 0.5) is 6.01 Å². The topological polar surface area (TPSA) is 29.3 Å². The summed E-state index contributed by atoms with van der Waals surface area (Å²) in [7, 11) is 0. The minimum absolute atomic E-state index is 0.439. The molecule has 0 atom stereocenters. The molecule has 0 aromatic carbocycles. The van der Waals surface area contributed by atoms with Crippen LogP contribution >= 0.6 is 0 Å². The van der Waals surface area contributed by atoms with Gasteiger partial charge in [-0.05, 0) is 5.92 Å². The molecule has 0 N–H and O–H groups in total. The number of anilines is 1. The quantitative estimate of drug-likeness (QED) is 0.698. The lowest BCUT2D eigenvalue weighted by atomic mass is 9.73. The largest absolute Gasteiger partial charge is 0.432 e. The molecule has 1 saturated heterocycles. The molecule has 0 aliphatic carbocycles. The van der Waals surface area contributed by atoms with Crippen LogP contribution in [0, 0.1) is 11.3 Å². The smallest absolute Gasteiger partial charge is 0.297 e. The van der Waals surface area contributed by atoms with Crippen LogP contribution < -0.4 is 4.90 Å². The van der Waals surface area contributed by atoms with Gasteiger partial charge in [0.15, 0.2) is 0 Å². The molecule has 0 radical (unpaired) electrons. The number of hydrogen-bond acceptors (Lipinski definition) is 3. The highest BCUT2D eigenvalue weighted by Crippen LogP contribution is 2.39. The molecule has 1 aromatic rings. The van der Waals surface area contributed by atoms with Gasteiger partial charge in [0.05, 0.1) is 6.20 Å². The fourth-order valence-electron chi connectivity index (χ4n) is 1.70. The predicted molar refractivity (Wildman–Crippen MR) is 51.7 cm³/mol. The highest BCUT2D eigenvalue weighted by atomic mass is 16.4. The van der Waals surface area contributed by atoms with Gasteiger partial charge >= 0.3 is 0 Å². The van der Waals surface area contributed by atoms with Gasteiger partial charge in [0.1, 0.15) is 6.26 Å². The van der Waals surface area contributed by atoms with Crippen LogP contribution in [0.5, 0.6) is 0 Å². The Morgan fingerprint density at radius 1 is 1.54 bits per heavy atom. The third-order valence-electron chi connectivity index (χ3n) is 3.19. The standard InChI is InChI=1S/C10H16N2O/c1-8(2)10(3)6-12(7-10)9-11-4-5-13-9/h4-5,8H,6-7H2,1-3H3. The highest BCUT2D eigenvalue weighted by Gasteiger charge is 2.42. The molecule has 0 amide bonds. The van der Waals surface area contributed by atoms with E-state index in [-0.39, 0.29) is 0 Å². The zero-order chi connectivity index (χ0) is 9.47. The molecule has 0 saturated carbocycles. The van der Waals surface area contributed by atoms with Gasteiger partial charge < -0.3 is 9.32 Å². The minimum atomic E-state index is 0.439. The first kappa shape index (κ1) is 8.60. The maximum Gasteiger partial charge on any atom is 0.297 e. The molecule has 0 bridgehead atoms. The second-order valence-electron chi connectivity index (χ2n) is 4.48. The molecule has 1 aliphatic heterocycles. The molecule has 2 rings (SSSR count). The Bertz CT molecular complexity index is 273. The molecule has 1 fully saturated rings. The van der Waals surface area contributed by atoms with Crippen LogP contribution in [0.25, 0.3) is 0 Å². The minimum Gasteiger partial charge on any atom is -0.432 e. The summed E-state index contributed by atoms with van der Waals surface area (Å²) in [6.45, 7) is 8.98. The summed E-state index contributed by atoms with van der Waals surface area (Å²) in [5, 5.41) is 0. The van der Waals surface area contributed by atoms with E-state index in [1.807, 2.05) is 0 Å².